The van der Waals surface area contributed by atoms with Crippen LogP contribution in [0.15, 0.2) is 41.3 Å². The molecule has 0 saturated carbocycles. The van der Waals surface area contributed by atoms with Crippen molar-refractivity contribution in [3.05, 3.63) is 36.9 Å². The molecule has 1 heterocycles. The first-order valence-corrected chi connectivity index (χ1v) is 12.6. The zero-order valence-electron chi connectivity index (χ0n) is 16.3. The van der Waals surface area contributed by atoms with E-state index in [1.807, 2.05) is 6.92 Å². The monoisotopic (exact) mass is 456 g/mol. The summed E-state index contributed by atoms with van der Waals surface area (Å²) in [5.74, 6) is 1.16. The number of benzene rings is 1. The number of nitrogens with one attached hydrogen (secondary N) is 1. The van der Waals surface area contributed by atoms with Crippen LogP contribution in [0, 0.1) is 0 Å². The van der Waals surface area contributed by atoms with E-state index in [0.29, 0.717) is 29.6 Å². The predicted molar refractivity (Wildman–Crippen MR) is 118 cm³/mol. The second-order valence-electron chi connectivity index (χ2n) is 5.89. The Hall–Kier alpha value is -2.11. The van der Waals surface area contributed by atoms with Crippen LogP contribution in [0.5, 0.6) is 5.75 Å². The van der Waals surface area contributed by atoms with Crippen LogP contribution in [0.1, 0.15) is 19.8 Å². The van der Waals surface area contributed by atoms with Gasteiger partial charge in [0.1, 0.15) is 5.75 Å². The first kappa shape index (κ1) is 23.2. The van der Waals surface area contributed by atoms with Gasteiger partial charge < -0.3 is 10.1 Å². The lowest BCUT2D eigenvalue weighted by Crippen LogP contribution is -2.31. The number of ether oxygens (including phenoxy) is 1. The number of hydrogen-bond donors (Lipinski definition) is 1. The van der Waals surface area contributed by atoms with E-state index in [9.17, 15) is 13.2 Å². The lowest BCUT2D eigenvalue weighted by Gasteiger charge is -2.22. The maximum absolute atomic E-state index is 12.2. The number of hydrogen-bond acceptors (Lipinski definition) is 8. The lowest BCUT2D eigenvalue weighted by molar-refractivity contribution is -0.116. The predicted octanol–water partition coefficient (Wildman–Crippen LogP) is 3.40. The average Bonchev–Trinajstić information content (AvgIpc) is 3.11. The van der Waals surface area contributed by atoms with Crippen LogP contribution in [-0.2, 0) is 14.8 Å². The van der Waals surface area contributed by atoms with Crippen LogP contribution >= 0.6 is 23.1 Å². The number of thioether (sulfide) groups is 1. The molecule has 0 aliphatic carbocycles. The van der Waals surface area contributed by atoms with Gasteiger partial charge in [-0.15, -0.1) is 16.8 Å². The van der Waals surface area contributed by atoms with Crippen molar-refractivity contribution in [3.8, 4) is 5.75 Å². The van der Waals surface area contributed by atoms with Crippen LogP contribution < -0.4 is 14.4 Å². The molecule has 0 unspecified atom stereocenters. The normalized spacial score (nSPS) is 11.1. The van der Waals surface area contributed by atoms with Crippen LogP contribution in [0.4, 0.5) is 10.8 Å². The van der Waals surface area contributed by atoms with Gasteiger partial charge in [-0.2, -0.15) is 0 Å². The molecular formula is C18H24N4O4S3. The van der Waals surface area contributed by atoms with Crippen molar-refractivity contribution < 1.29 is 17.9 Å². The highest BCUT2D eigenvalue weighted by Gasteiger charge is 2.18. The van der Waals surface area contributed by atoms with Gasteiger partial charge in [0.2, 0.25) is 21.1 Å². The van der Waals surface area contributed by atoms with Gasteiger partial charge in [0, 0.05) is 18.7 Å². The van der Waals surface area contributed by atoms with Gasteiger partial charge in [0.15, 0.2) is 4.34 Å². The number of anilines is 2. The zero-order valence-corrected chi connectivity index (χ0v) is 18.8. The fourth-order valence-corrected chi connectivity index (χ4v) is 4.87. The Labute approximate surface area is 179 Å². The summed E-state index contributed by atoms with van der Waals surface area (Å²) < 4.78 is 31.7. The molecular weight excluding hydrogens is 432 g/mol. The number of carbonyl (C=O) groups excluding carboxylic acids is 1. The third-order valence-electron chi connectivity index (χ3n) is 3.58. The van der Waals surface area contributed by atoms with E-state index in [1.165, 1.54) is 27.4 Å². The molecule has 0 bridgehead atoms. The maximum atomic E-state index is 12.2. The highest BCUT2D eigenvalue weighted by molar-refractivity contribution is 8.01. The second-order valence-corrected chi connectivity index (χ2v) is 10.0. The fourth-order valence-electron chi connectivity index (χ4n) is 2.38. The van der Waals surface area contributed by atoms with Gasteiger partial charge in [0.05, 0.1) is 18.6 Å². The smallest absolute Gasteiger partial charge is 0.232 e. The third-order valence-corrected chi connectivity index (χ3v) is 6.74. The van der Waals surface area contributed by atoms with Crippen LogP contribution in [0.25, 0.3) is 0 Å². The van der Waals surface area contributed by atoms with Gasteiger partial charge in [0.25, 0.3) is 0 Å². The highest BCUT2D eigenvalue weighted by atomic mass is 32.2. The molecule has 2 rings (SSSR count). The Morgan fingerprint density at radius 3 is 2.69 bits per heavy atom. The molecule has 2 aromatic rings. The highest BCUT2D eigenvalue weighted by Crippen LogP contribution is 2.26. The number of amides is 1. The molecule has 0 radical (unpaired) electrons. The van der Waals surface area contributed by atoms with E-state index < -0.39 is 10.0 Å². The number of carbonyl (C=O) groups is 1. The van der Waals surface area contributed by atoms with Crippen molar-refractivity contribution in [1.29, 1.82) is 0 Å². The minimum Gasteiger partial charge on any atom is -0.494 e. The Morgan fingerprint density at radius 1 is 1.34 bits per heavy atom. The minimum absolute atomic E-state index is 0.164. The van der Waals surface area contributed by atoms with Crippen molar-refractivity contribution in [2.24, 2.45) is 0 Å². The number of rotatable bonds is 12. The Morgan fingerprint density at radius 2 is 2.07 bits per heavy atom. The van der Waals surface area contributed by atoms with E-state index in [-0.39, 0.29) is 18.9 Å². The molecule has 0 spiro atoms. The molecule has 0 aliphatic heterocycles. The summed E-state index contributed by atoms with van der Waals surface area (Å²) in [6.07, 6.45) is 3.44. The summed E-state index contributed by atoms with van der Waals surface area (Å²) in [5, 5.41) is 11.0. The third kappa shape index (κ3) is 7.67. The van der Waals surface area contributed by atoms with E-state index in [2.05, 4.69) is 22.1 Å². The SMILES string of the molecule is C=CCSc1nnc(NC(=O)CCCN(c2ccc(OCC)cc2)S(C)(=O)=O)s1. The maximum Gasteiger partial charge on any atom is 0.232 e. The number of nitrogens with zero attached hydrogens (tertiary/aromatic N) is 3. The Bertz CT molecular complexity index is 913. The molecule has 1 N–H and O–H groups in total. The molecule has 0 fully saturated rings. The summed E-state index contributed by atoms with van der Waals surface area (Å²) in [7, 11) is -3.48. The molecule has 0 saturated heterocycles. The van der Waals surface area contributed by atoms with E-state index in [1.54, 1.807) is 30.3 Å². The zero-order chi connectivity index (χ0) is 21.3. The topological polar surface area (TPSA) is 101 Å². The van der Waals surface area contributed by atoms with Crippen LogP contribution in [0.3, 0.4) is 0 Å². The van der Waals surface area contributed by atoms with Crippen LogP contribution in [0.2, 0.25) is 0 Å². The summed E-state index contributed by atoms with van der Waals surface area (Å²) >= 11 is 2.78. The molecule has 29 heavy (non-hydrogen) atoms. The average molecular weight is 457 g/mol. The second kappa shape index (κ2) is 11.2. The molecule has 8 nitrogen and oxygen atoms in total. The van der Waals surface area contributed by atoms with Crippen molar-refractivity contribution in [1.82, 2.24) is 10.2 Å². The lowest BCUT2D eigenvalue weighted by atomic mass is 10.2. The van der Waals surface area contributed by atoms with E-state index >= 15 is 0 Å². The van der Waals surface area contributed by atoms with Crippen molar-refractivity contribution in [3.63, 3.8) is 0 Å². The van der Waals surface area contributed by atoms with Crippen molar-refractivity contribution in [2.75, 3.05) is 34.8 Å². The van der Waals surface area contributed by atoms with Gasteiger partial charge in [-0.3, -0.25) is 9.10 Å². The first-order chi connectivity index (χ1) is 13.8. The standard InChI is InChI=1S/C18H24N4O4S3/c1-4-13-27-18-21-20-17(28-18)19-16(23)7-6-12-22(29(3,24)25)14-8-10-15(11-9-14)26-5-2/h4,8-11H,1,5-7,12-13H2,2-3H3,(H,19,20,23). The van der Waals surface area contributed by atoms with Crippen molar-refractivity contribution in [2.45, 2.75) is 24.1 Å². The Kier molecular flexibility index (Phi) is 8.93. The fraction of sp³-hybridized carbons (Fsp3) is 0.389. The summed E-state index contributed by atoms with van der Waals surface area (Å²) in [6, 6.07) is 6.83. The molecule has 0 atom stereocenters. The number of aromatic nitrogens is 2. The van der Waals surface area contributed by atoms with Crippen LogP contribution in [-0.4, -0.2) is 49.7 Å². The van der Waals surface area contributed by atoms with E-state index in [4.69, 9.17) is 4.74 Å². The van der Waals surface area contributed by atoms with Gasteiger partial charge in [-0.1, -0.05) is 29.2 Å². The van der Waals surface area contributed by atoms with Gasteiger partial charge >= 0.3 is 0 Å². The molecule has 0 aliphatic rings. The molecule has 158 valence electrons. The quantitative estimate of drug-likeness (QED) is 0.297. The van der Waals surface area contributed by atoms with Gasteiger partial charge in [-0.25, -0.2) is 8.42 Å². The summed E-state index contributed by atoms with van der Waals surface area (Å²) in [4.78, 5) is 12.1. The molecule has 1 aromatic heterocycles. The van der Waals surface area contributed by atoms with E-state index in [0.717, 1.165) is 16.3 Å². The molecule has 1 aromatic carbocycles. The Balaban J connectivity index is 1.90. The van der Waals surface area contributed by atoms with Crippen molar-refractivity contribution >= 4 is 49.8 Å². The molecule has 11 heteroatoms. The largest absolute Gasteiger partial charge is 0.494 e. The summed E-state index contributed by atoms with van der Waals surface area (Å²) in [6.45, 7) is 6.25. The number of sulfonamides is 1. The minimum atomic E-state index is -3.48. The molecule has 1 amide bonds. The van der Waals surface area contributed by atoms with Gasteiger partial charge in [-0.05, 0) is 37.6 Å². The summed E-state index contributed by atoms with van der Waals surface area (Å²) in [5.41, 5.74) is 0.532. The first-order valence-electron chi connectivity index (χ1n) is 8.91.